The number of nitrogens with zero attached hydrogens (tertiary/aromatic N) is 1. The standard InChI is InChI=1S/C22H29ClN2O5S/c1-5-30-20-11-7-6-9-17(20)10-8-14-24-22(26)16(2)25(31(4,27)28)18-12-13-21(29-3)19(23)15-18/h6-7,9,11-13,15-16H,5,8,10,14H2,1-4H3,(H,24,26)/t16-/m0/s1. The van der Waals surface area contributed by atoms with Crippen LogP contribution in [-0.2, 0) is 21.2 Å². The van der Waals surface area contributed by atoms with Crippen LogP contribution in [0.15, 0.2) is 42.5 Å². The van der Waals surface area contributed by atoms with Gasteiger partial charge >= 0.3 is 0 Å². The van der Waals surface area contributed by atoms with Gasteiger partial charge in [0.25, 0.3) is 0 Å². The minimum atomic E-state index is -3.73. The molecule has 31 heavy (non-hydrogen) atoms. The second kappa shape index (κ2) is 11.2. The number of anilines is 1. The fourth-order valence-corrected chi connectivity index (χ4v) is 4.66. The number of ether oxygens (including phenoxy) is 2. The summed E-state index contributed by atoms with van der Waals surface area (Å²) in [6.07, 6.45) is 2.48. The Morgan fingerprint density at radius 2 is 1.90 bits per heavy atom. The number of hydrogen-bond donors (Lipinski definition) is 1. The maximum absolute atomic E-state index is 12.7. The number of carbonyl (C=O) groups is 1. The molecule has 0 saturated heterocycles. The predicted octanol–water partition coefficient (Wildman–Crippen LogP) is 3.65. The maximum atomic E-state index is 12.7. The van der Waals surface area contributed by atoms with Crippen LogP contribution in [0, 0.1) is 0 Å². The Labute approximate surface area is 189 Å². The zero-order chi connectivity index (χ0) is 23.0. The topological polar surface area (TPSA) is 84.9 Å². The molecule has 9 heteroatoms. The lowest BCUT2D eigenvalue weighted by atomic mass is 10.1. The molecule has 0 aliphatic carbocycles. The Balaban J connectivity index is 2.03. The highest BCUT2D eigenvalue weighted by Gasteiger charge is 2.29. The summed E-state index contributed by atoms with van der Waals surface area (Å²) < 4.78 is 36.6. The number of sulfonamides is 1. The van der Waals surface area contributed by atoms with Crippen molar-refractivity contribution in [3.63, 3.8) is 0 Å². The van der Waals surface area contributed by atoms with Gasteiger partial charge in [-0.25, -0.2) is 8.42 Å². The van der Waals surface area contributed by atoms with E-state index in [2.05, 4.69) is 5.32 Å². The van der Waals surface area contributed by atoms with Gasteiger partial charge in [0.2, 0.25) is 15.9 Å². The molecule has 1 N–H and O–H groups in total. The van der Waals surface area contributed by atoms with Crippen LogP contribution in [0.1, 0.15) is 25.8 Å². The predicted molar refractivity (Wildman–Crippen MR) is 124 cm³/mol. The molecule has 0 unspecified atom stereocenters. The van der Waals surface area contributed by atoms with E-state index in [0.29, 0.717) is 31.0 Å². The monoisotopic (exact) mass is 468 g/mol. The molecular formula is C22H29ClN2O5S. The van der Waals surface area contributed by atoms with Gasteiger partial charge in [-0.2, -0.15) is 0 Å². The van der Waals surface area contributed by atoms with Gasteiger partial charge in [-0.3, -0.25) is 9.10 Å². The van der Waals surface area contributed by atoms with E-state index in [1.54, 1.807) is 19.1 Å². The maximum Gasteiger partial charge on any atom is 0.243 e. The fourth-order valence-electron chi connectivity index (χ4n) is 3.25. The van der Waals surface area contributed by atoms with Crippen LogP contribution in [0.2, 0.25) is 5.02 Å². The Hall–Kier alpha value is -2.45. The van der Waals surface area contributed by atoms with E-state index >= 15 is 0 Å². The van der Waals surface area contributed by atoms with E-state index in [0.717, 1.165) is 28.3 Å². The molecule has 0 aliphatic rings. The summed E-state index contributed by atoms with van der Waals surface area (Å²) in [5.74, 6) is 0.864. The Bertz CT molecular complexity index is 997. The largest absolute Gasteiger partial charge is 0.495 e. The van der Waals surface area contributed by atoms with Gasteiger partial charge in [0.05, 0.1) is 30.7 Å². The molecule has 1 amide bonds. The summed E-state index contributed by atoms with van der Waals surface area (Å²) in [5, 5.41) is 3.08. The van der Waals surface area contributed by atoms with E-state index in [1.807, 2.05) is 31.2 Å². The first-order chi connectivity index (χ1) is 14.7. The Morgan fingerprint density at radius 3 is 2.52 bits per heavy atom. The number of benzene rings is 2. The molecule has 2 aromatic rings. The van der Waals surface area contributed by atoms with E-state index in [4.69, 9.17) is 21.1 Å². The minimum absolute atomic E-state index is 0.259. The van der Waals surface area contributed by atoms with Gasteiger partial charge in [0.1, 0.15) is 17.5 Å². The number of nitrogens with one attached hydrogen (secondary N) is 1. The zero-order valence-corrected chi connectivity index (χ0v) is 19.8. The van der Waals surface area contributed by atoms with Crippen molar-refractivity contribution in [1.29, 1.82) is 0 Å². The molecule has 2 aromatic carbocycles. The molecule has 0 heterocycles. The molecule has 170 valence electrons. The van der Waals surface area contributed by atoms with E-state index in [1.165, 1.54) is 13.2 Å². The molecule has 0 saturated carbocycles. The van der Waals surface area contributed by atoms with Crippen LogP contribution in [0.4, 0.5) is 5.69 Å². The smallest absolute Gasteiger partial charge is 0.243 e. The lowest BCUT2D eigenvalue weighted by Crippen LogP contribution is -2.48. The third kappa shape index (κ3) is 6.77. The number of methoxy groups -OCH3 is 1. The molecule has 7 nitrogen and oxygen atoms in total. The summed E-state index contributed by atoms with van der Waals surface area (Å²) in [4.78, 5) is 12.7. The molecule has 0 bridgehead atoms. The lowest BCUT2D eigenvalue weighted by Gasteiger charge is -2.28. The molecule has 0 spiro atoms. The average molecular weight is 469 g/mol. The molecule has 0 radical (unpaired) electrons. The van der Waals surface area contributed by atoms with Crippen molar-refractivity contribution in [2.45, 2.75) is 32.7 Å². The highest BCUT2D eigenvalue weighted by atomic mass is 35.5. The fraction of sp³-hybridized carbons (Fsp3) is 0.409. The molecule has 0 aliphatic heterocycles. The van der Waals surface area contributed by atoms with Gasteiger partial charge in [-0.1, -0.05) is 29.8 Å². The van der Waals surface area contributed by atoms with Crippen LogP contribution in [-0.4, -0.2) is 46.9 Å². The molecule has 0 fully saturated rings. The summed E-state index contributed by atoms with van der Waals surface area (Å²) in [7, 11) is -2.26. The van der Waals surface area contributed by atoms with Gasteiger partial charge in [-0.05, 0) is 56.5 Å². The van der Waals surface area contributed by atoms with Crippen molar-refractivity contribution in [1.82, 2.24) is 5.32 Å². The average Bonchev–Trinajstić information content (AvgIpc) is 2.71. The molecule has 1 atom stereocenters. The highest BCUT2D eigenvalue weighted by Crippen LogP contribution is 2.31. The number of hydrogen-bond acceptors (Lipinski definition) is 5. The first-order valence-electron chi connectivity index (χ1n) is 10.00. The van der Waals surface area contributed by atoms with Crippen LogP contribution in [0.5, 0.6) is 11.5 Å². The van der Waals surface area contributed by atoms with Crippen molar-refractivity contribution in [2.75, 3.05) is 30.8 Å². The van der Waals surface area contributed by atoms with Gasteiger partial charge < -0.3 is 14.8 Å². The summed E-state index contributed by atoms with van der Waals surface area (Å²) >= 11 is 6.15. The Morgan fingerprint density at radius 1 is 1.19 bits per heavy atom. The lowest BCUT2D eigenvalue weighted by molar-refractivity contribution is -0.121. The van der Waals surface area contributed by atoms with Gasteiger partial charge in [0, 0.05) is 6.54 Å². The van der Waals surface area contributed by atoms with Crippen molar-refractivity contribution in [3.05, 3.63) is 53.1 Å². The first kappa shape index (κ1) is 24.8. The second-order valence-corrected chi connectivity index (χ2v) is 9.26. The number of para-hydroxylation sites is 1. The normalized spacial score (nSPS) is 12.2. The molecule has 2 rings (SSSR count). The number of halogens is 1. The van der Waals surface area contributed by atoms with E-state index in [9.17, 15) is 13.2 Å². The molecule has 0 aromatic heterocycles. The van der Waals surface area contributed by atoms with Gasteiger partial charge in [0.15, 0.2) is 0 Å². The quantitative estimate of drug-likeness (QED) is 0.509. The second-order valence-electron chi connectivity index (χ2n) is 6.99. The van der Waals surface area contributed by atoms with Crippen molar-refractivity contribution in [2.24, 2.45) is 0 Å². The van der Waals surface area contributed by atoms with Crippen LogP contribution >= 0.6 is 11.6 Å². The van der Waals surface area contributed by atoms with E-state index < -0.39 is 22.0 Å². The van der Waals surface area contributed by atoms with Crippen molar-refractivity contribution >= 4 is 33.2 Å². The van der Waals surface area contributed by atoms with Crippen molar-refractivity contribution < 1.29 is 22.7 Å². The highest BCUT2D eigenvalue weighted by molar-refractivity contribution is 7.92. The number of carbonyl (C=O) groups excluding carboxylic acids is 1. The van der Waals surface area contributed by atoms with Crippen molar-refractivity contribution in [3.8, 4) is 11.5 Å². The number of amides is 1. The summed E-state index contributed by atoms with van der Waals surface area (Å²) in [6, 6.07) is 11.4. The van der Waals surface area contributed by atoms with Crippen LogP contribution in [0.3, 0.4) is 0 Å². The first-order valence-corrected chi connectivity index (χ1v) is 12.2. The Kier molecular flexibility index (Phi) is 9.00. The minimum Gasteiger partial charge on any atom is -0.495 e. The number of aryl methyl sites for hydroxylation is 1. The number of rotatable bonds is 11. The SMILES string of the molecule is CCOc1ccccc1CCCNC(=O)[C@H](C)N(c1ccc(OC)c(Cl)c1)S(C)(=O)=O. The zero-order valence-electron chi connectivity index (χ0n) is 18.2. The molecular weight excluding hydrogens is 440 g/mol. The summed E-state index contributed by atoms with van der Waals surface area (Å²) in [5.41, 5.74) is 1.36. The summed E-state index contributed by atoms with van der Waals surface area (Å²) in [6.45, 7) is 4.47. The van der Waals surface area contributed by atoms with E-state index in [-0.39, 0.29) is 5.02 Å². The third-order valence-corrected chi connectivity index (χ3v) is 6.21. The van der Waals surface area contributed by atoms with Crippen LogP contribution in [0.25, 0.3) is 0 Å². The van der Waals surface area contributed by atoms with Crippen LogP contribution < -0.4 is 19.1 Å². The third-order valence-electron chi connectivity index (χ3n) is 4.67. The van der Waals surface area contributed by atoms with Gasteiger partial charge in [-0.15, -0.1) is 0 Å².